The summed E-state index contributed by atoms with van der Waals surface area (Å²) in [7, 11) is -2.63. The average Bonchev–Trinajstić information content (AvgIpc) is 2.54. The number of aromatic nitrogens is 1. The largest absolute Gasteiger partial charge is 0.512 e. The minimum absolute atomic E-state index is 0.0789. The molecule has 0 saturated carbocycles. The maximum absolute atomic E-state index is 12.1. The molecule has 1 aromatic heterocycles. The molecule has 9 nitrogen and oxygen atoms in total. The van der Waals surface area contributed by atoms with Crippen molar-refractivity contribution in [1.29, 1.82) is 0 Å². The molecular formula is C14H12N2O7S. The quantitative estimate of drug-likeness (QED) is 0.769. The maximum Gasteiger partial charge on any atom is 0.512 e. The number of carboxylic acid groups (broad SMARTS) is 1. The number of nitrogens with one attached hydrogen (secondary N) is 1. The monoisotopic (exact) mass is 352 g/mol. The summed E-state index contributed by atoms with van der Waals surface area (Å²) in [6.45, 7) is 0. The van der Waals surface area contributed by atoms with Crippen LogP contribution in [-0.4, -0.2) is 37.7 Å². The molecule has 0 saturated heterocycles. The molecule has 1 amide bonds. The van der Waals surface area contributed by atoms with Crippen LogP contribution in [0.1, 0.15) is 10.4 Å². The Morgan fingerprint density at radius 1 is 1.12 bits per heavy atom. The van der Waals surface area contributed by atoms with Gasteiger partial charge in [-0.05, 0) is 30.3 Å². The fourth-order valence-electron chi connectivity index (χ4n) is 1.66. The summed E-state index contributed by atoms with van der Waals surface area (Å²) in [5.74, 6) is -0.684. The minimum atomic E-state index is -4.07. The van der Waals surface area contributed by atoms with Gasteiger partial charge in [-0.15, -0.1) is 0 Å². The van der Waals surface area contributed by atoms with E-state index in [0.29, 0.717) is 5.75 Å². The topological polar surface area (TPSA) is 132 Å². The van der Waals surface area contributed by atoms with Crippen molar-refractivity contribution in [2.45, 2.75) is 4.90 Å². The zero-order chi connectivity index (χ0) is 17.7. The Morgan fingerprint density at radius 2 is 1.79 bits per heavy atom. The van der Waals surface area contributed by atoms with Gasteiger partial charge >= 0.3 is 6.16 Å². The lowest BCUT2D eigenvalue weighted by atomic mass is 10.3. The third kappa shape index (κ3) is 4.20. The van der Waals surface area contributed by atoms with Gasteiger partial charge in [-0.1, -0.05) is 0 Å². The highest BCUT2D eigenvalue weighted by molar-refractivity contribution is 7.90. The highest BCUT2D eigenvalue weighted by atomic mass is 32.2. The number of nitrogens with zero attached hydrogens (tertiary/aromatic N) is 1. The number of hydrogen-bond acceptors (Lipinski definition) is 7. The molecule has 0 atom stereocenters. The van der Waals surface area contributed by atoms with E-state index in [4.69, 9.17) is 9.84 Å². The van der Waals surface area contributed by atoms with Crippen molar-refractivity contribution in [2.75, 3.05) is 7.11 Å². The minimum Gasteiger partial charge on any atom is -0.497 e. The first kappa shape index (κ1) is 17.2. The molecule has 2 rings (SSSR count). The standard InChI is InChI=1S/C14H12N2O7S/c1-22-10-3-5-11(6-4-10)24(20,21)16-13(17)9-2-7-12(15-8-9)23-14(18)19/h2-8H,1H3,(H,16,17)(H,18,19). The van der Waals surface area contributed by atoms with Gasteiger partial charge in [0.25, 0.3) is 15.9 Å². The molecule has 1 heterocycles. The van der Waals surface area contributed by atoms with E-state index in [0.717, 1.165) is 12.3 Å². The fourth-order valence-corrected chi connectivity index (χ4v) is 2.63. The van der Waals surface area contributed by atoms with Gasteiger partial charge in [0.15, 0.2) is 0 Å². The number of pyridine rings is 1. The van der Waals surface area contributed by atoms with Crippen LogP contribution in [0.25, 0.3) is 0 Å². The molecule has 0 radical (unpaired) electrons. The molecule has 0 unspecified atom stereocenters. The van der Waals surface area contributed by atoms with Gasteiger partial charge in [-0.3, -0.25) is 4.79 Å². The number of carbonyl (C=O) groups is 2. The van der Waals surface area contributed by atoms with E-state index in [-0.39, 0.29) is 16.3 Å². The van der Waals surface area contributed by atoms with Crippen LogP contribution in [0.3, 0.4) is 0 Å². The van der Waals surface area contributed by atoms with Crippen LogP contribution < -0.4 is 14.2 Å². The number of rotatable bonds is 5. The Hall–Kier alpha value is -3.14. The third-order valence-corrected chi connectivity index (χ3v) is 4.13. The second kappa shape index (κ2) is 6.96. The molecule has 0 fully saturated rings. The molecule has 2 aromatic rings. The average molecular weight is 352 g/mol. The Morgan fingerprint density at radius 3 is 2.29 bits per heavy atom. The lowest BCUT2D eigenvalue weighted by molar-refractivity contribution is 0.0981. The smallest absolute Gasteiger partial charge is 0.497 e. The van der Waals surface area contributed by atoms with Crippen molar-refractivity contribution >= 4 is 22.1 Å². The van der Waals surface area contributed by atoms with E-state index in [9.17, 15) is 18.0 Å². The van der Waals surface area contributed by atoms with Crippen molar-refractivity contribution < 1.29 is 32.6 Å². The molecule has 10 heteroatoms. The lowest BCUT2D eigenvalue weighted by Crippen LogP contribution is -2.30. The summed E-state index contributed by atoms with van der Waals surface area (Å²) in [6.07, 6.45) is -0.557. The molecule has 126 valence electrons. The van der Waals surface area contributed by atoms with Gasteiger partial charge in [0.05, 0.1) is 17.6 Å². The normalized spacial score (nSPS) is 10.7. The van der Waals surface area contributed by atoms with Crippen LogP contribution in [0.5, 0.6) is 11.6 Å². The van der Waals surface area contributed by atoms with Gasteiger partial charge in [0, 0.05) is 12.3 Å². The number of amides is 1. The van der Waals surface area contributed by atoms with E-state index < -0.39 is 22.1 Å². The summed E-state index contributed by atoms with van der Waals surface area (Å²) >= 11 is 0. The highest BCUT2D eigenvalue weighted by Gasteiger charge is 2.19. The number of benzene rings is 1. The van der Waals surface area contributed by atoms with E-state index in [1.165, 1.54) is 37.4 Å². The maximum atomic E-state index is 12.1. The van der Waals surface area contributed by atoms with Crippen molar-refractivity contribution in [3.63, 3.8) is 0 Å². The summed E-state index contributed by atoms with van der Waals surface area (Å²) < 4.78 is 35.4. The zero-order valence-corrected chi connectivity index (χ0v) is 13.1. The first-order valence-corrected chi connectivity index (χ1v) is 7.88. The third-order valence-electron chi connectivity index (χ3n) is 2.79. The first-order chi connectivity index (χ1) is 11.3. The van der Waals surface area contributed by atoms with Gasteiger partial charge in [-0.25, -0.2) is 22.9 Å². The number of sulfonamides is 1. The van der Waals surface area contributed by atoms with Crippen molar-refractivity contribution in [3.8, 4) is 11.6 Å². The predicted octanol–water partition coefficient (Wildman–Crippen LogP) is 1.27. The molecule has 24 heavy (non-hydrogen) atoms. The molecule has 0 spiro atoms. The SMILES string of the molecule is COc1ccc(S(=O)(=O)NC(=O)c2ccc(OC(=O)O)nc2)cc1. The van der Waals surface area contributed by atoms with E-state index in [1.807, 2.05) is 4.72 Å². The van der Waals surface area contributed by atoms with Crippen molar-refractivity contribution in [3.05, 3.63) is 48.2 Å². The van der Waals surface area contributed by atoms with Gasteiger partial charge in [0.1, 0.15) is 5.75 Å². The number of hydrogen-bond donors (Lipinski definition) is 2. The van der Waals surface area contributed by atoms with Gasteiger partial charge < -0.3 is 14.6 Å². The number of ether oxygens (including phenoxy) is 2. The Balaban J connectivity index is 2.13. The molecule has 1 aromatic carbocycles. The van der Waals surface area contributed by atoms with Crippen LogP contribution in [0.4, 0.5) is 4.79 Å². The zero-order valence-electron chi connectivity index (χ0n) is 12.3. The van der Waals surface area contributed by atoms with Crippen LogP contribution in [0.15, 0.2) is 47.5 Å². The first-order valence-electron chi connectivity index (χ1n) is 6.40. The highest BCUT2D eigenvalue weighted by Crippen LogP contribution is 2.16. The second-order valence-corrected chi connectivity index (χ2v) is 6.05. The molecule has 2 N–H and O–H groups in total. The van der Waals surface area contributed by atoms with Gasteiger partial charge in [0.2, 0.25) is 5.88 Å². The van der Waals surface area contributed by atoms with Crippen LogP contribution in [-0.2, 0) is 10.0 Å². The molecule has 0 aliphatic heterocycles. The summed E-state index contributed by atoms with van der Waals surface area (Å²) in [5.41, 5.74) is -0.0789. The lowest BCUT2D eigenvalue weighted by Gasteiger charge is -2.08. The van der Waals surface area contributed by atoms with Crippen LogP contribution >= 0.6 is 0 Å². The summed E-state index contributed by atoms with van der Waals surface area (Å²) in [4.78, 5) is 25.8. The van der Waals surface area contributed by atoms with E-state index >= 15 is 0 Å². The molecular weight excluding hydrogens is 340 g/mol. The molecule has 0 bridgehead atoms. The van der Waals surface area contributed by atoms with Crippen molar-refractivity contribution in [1.82, 2.24) is 9.71 Å². The summed E-state index contributed by atoms with van der Waals surface area (Å²) in [5, 5.41) is 8.43. The Bertz CT molecular complexity index is 846. The number of methoxy groups -OCH3 is 1. The fraction of sp³-hybridized carbons (Fsp3) is 0.0714. The second-order valence-electron chi connectivity index (χ2n) is 4.36. The summed E-state index contributed by atoms with van der Waals surface area (Å²) in [6, 6.07) is 7.78. The Kier molecular flexibility index (Phi) is 4.99. The van der Waals surface area contributed by atoms with Crippen LogP contribution in [0, 0.1) is 0 Å². The van der Waals surface area contributed by atoms with E-state index in [1.54, 1.807) is 0 Å². The molecule has 0 aliphatic carbocycles. The number of carbonyl (C=O) groups excluding carboxylic acids is 1. The Labute approximate surface area is 136 Å². The molecule has 0 aliphatic rings. The van der Waals surface area contributed by atoms with Crippen molar-refractivity contribution in [2.24, 2.45) is 0 Å². The predicted molar refractivity (Wildman–Crippen MR) is 80.5 cm³/mol. The van der Waals surface area contributed by atoms with E-state index in [2.05, 4.69) is 9.72 Å². The van der Waals surface area contributed by atoms with Gasteiger partial charge in [-0.2, -0.15) is 0 Å². The van der Waals surface area contributed by atoms with Crippen LogP contribution in [0.2, 0.25) is 0 Å².